The van der Waals surface area contributed by atoms with E-state index in [0.717, 1.165) is 25.3 Å². The summed E-state index contributed by atoms with van der Waals surface area (Å²) in [5.74, 6) is 0.823. The van der Waals surface area contributed by atoms with Crippen molar-refractivity contribution >= 4 is 23.1 Å². The van der Waals surface area contributed by atoms with Crippen LogP contribution in [-0.2, 0) is 0 Å². The Morgan fingerprint density at radius 3 is 2.94 bits per heavy atom. The van der Waals surface area contributed by atoms with Gasteiger partial charge in [0.05, 0.1) is 5.69 Å². The lowest BCUT2D eigenvalue weighted by Crippen LogP contribution is -2.45. The van der Waals surface area contributed by atoms with Gasteiger partial charge in [0.2, 0.25) is 0 Å². The summed E-state index contributed by atoms with van der Waals surface area (Å²) in [7, 11) is 4.23. The average molecular weight is 255 g/mol. The molecule has 0 spiro atoms. The molecule has 17 heavy (non-hydrogen) atoms. The maximum atomic E-state index is 5.97. The second-order valence-electron chi connectivity index (χ2n) is 4.75. The molecule has 0 aliphatic carbocycles. The van der Waals surface area contributed by atoms with E-state index in [1.54, 1.807) is 6.07 Å². The predicted molar refractivity (Wildman–Crippen MR) is 72.6 cm³/mol. The maximum absolute atomic E-state index is 5.97. The summed E-state index contributed by atoms with van der Waals surface area (Å²) < 4.78 is 0. The van der Waals surface area contributed by atoms with Crippen molar-refractivity contribution < 1.29 is 0 Å². The van der Waals surface area contributed by atoms with Crippen molar-refractivity contribution in [3.05, 3.63) is 17.3 Å². The number of nitrogens with zero attached hydrogens (tertiary/aromatic N) is 3. The highest BCUT2D eigenvalue weighted by Gasteiger charge is 2.23. The Morgan fingerprint density at radius 1 is 1.47 bits per heavy atom. The lowest BCUT2D eigenvalue weighted by atomic mass is 10.0. The first-order chi connectivity index (χ1) is 8.08. The van der Waals surface area contributed by atoms with Crippen LogP contribution in [0.1, 0.15) is 12.8 Å². The molecule has 2 N–H and O–H groups in total. The molecule has 1 saturated heterocycles. The number of anilines is 2. The molecule has 5 heteroatoms. The van der Waals surface area contributed by atoms with Crippen LogP contribution in [0.4, 0.5) is 11.5 Å². The standard InChI is InChI=1S/C12H19ClN4/c1-16(2)9-4-3-7-17(8-9)12-10(14)5-6-11(13)15-12/h5-6,9H,3-4,7-8,14H2,1-2H3. The number of aromatic nitrogens is 1. The van der Waals surface area contributed by atoms with Gasteiger partial charge in [-0.15, -0.1) is 0 Å². The molecule has 0 aromatic carbocycles. The molecule has 1 aromatic rings. The van der Waals surface area contributed by atoms with E-state index in [0.29, 0.717) is 16.9 Å². The molecule has 1 aromatic heterocycles. The van der Waals surface area contributed by atoms with E-state index in [1.165, 1.54) is 6.42 Å². The zero-order chi connectivity index (χ0) is 12.4. The molecule has 0 radical (unpaired) electrons. The number of nitrogen functional groups attached to an aromatic ring is 1. The second-order valence-corrected chi connectivity index (χ2v) is 5.14. The average Bonchev–Trinajstić information content (AvgIpc) is 2.32. The minimum absolute atomic E-state index is 0.501. The second kappa shape index (κ2) is 5.10. The lowest BCUT2D eigenvalue weighted by molar-refractivity contribution is 0.257. The maximum Gasteiger partial charge on any atom is 0.153 e. The number of hydrogen-bond donors (Lipinski definition) is 1. The highest BCUT2D eigenvalue weighted by atomic mass is 35.5. The van der Waals surface area contributed by atoms with Gasteiger partial charge in [-0.3, -0.25) is 0 Å². The van der Waals surface area contributed by atoms with Gasteiger partial charge in [-0.1, -0.05) is 11.6 Å². The summed E-state index contributed by atoms with van der Waals surface area (Å²) in [4.78, 5) is 8.83. The van der Waals surface area contributed by atoms with Crippen LogP contribution >= 0.6 is 11.6 Å². The molecule has 94 valence electrons. The molecular formula is C12H19ClN4. The van der Waals surface area contributed by atoms with Gasteiger partial charge in [0.25, 0.3) is 0 Å². The largest absolute Gasteiger partial charge is 0.396 e. The van der Waals surface area contributed by atoms with Gasteiger partial charge in [0.15, 0.2) is 5.82 Å². The Hall–Kier alpha value is -1.00. The van der Waals surface area contributed by atoms with Gasteiger partial charge in [0.1, 0.15) is 5.15 Å². The fraction of sp³-hybridized carbons (Fsp3) is 0.583. The molecule has 2 rings (SSSR count). The zero-order valence-corrected chi connectivity index (χ0v) is 11.1. The summed E-state index contributed by atoms with van der Waals surface area (Å²) in [6.07, 6.45) is 2.39. The highest BCUT2D eigenvalue weighted by Crippen LogP contribution is 2.26. The van der Waals surface area contributed by atoms with Gasteiger partial charge >= 0.3 is 0 Å². The lowest BCUT2D eigenvalue weighted by Gasteiger charge is -2.37. The third-order valence-electron chi connectivity index (χ3n) is 3.30. The van der Waals surface area contributed by atoms with E-state index < -0.39 is 0 Å². The van der Waals surface area contributed by atoms with Crippen molar-refractivity contribution in [3.8, 4) is 0 Å². The van der Waals surface area contributed by atoms with E-state index in [4.69, 9.17) is 17.3 Å². The predicted octanol–water partition coefficient (Wildman–Crippen LogP) is 1.85. The molecule has 1 aliphatic heterocycles. The van der Waals surface area contributed by atoms with Crippen molar-refractivity contribution in [1.82, 2.24) is 9.88 Å². The number of rotatable bonds is 2. The first-order valence-electron chi connectivity index (χ1n) is 5.91. The number of piperidine rings is 1. The molecule has 2 heterocycles. The van der Waals surface area contributed by atoms with Crippen LogP contribution in [0.15, 0.2) is 12.1 Å². The van der Waals surface area contributed by atoms with Crippen molar-refractivity contribution in [1.29, 1.82) is 0 Å². The minimum Gasteiger partial charge on any atom is -0.396 e. The van der Waals surface area contributed by atoms with Gasteiger partial charge in [-0.2, -0.15) is 0 Å². The van der Waals surface area contributed by atoms with E-state index in [1.807, 2.05) is 6.07 Å². The summed E-state index contributed by atoms with van der Waals surface area (Å²) in [6, 6.07) is 4.11. The Morgan fingerprint density at radius 2 is 2.24 bits per heavy atom. The van der Waals surface area contributed by atoms with E-state index >= 15 is 0 Å². The summed E-state index contributed by atoms with van der Waals surface area (Å²) in [5, 5.41) is 0.501. The first kappa shape index (κ1) is 12.5. The molecule has 4 nitrogen and oxygen atoms in total. The van der Waals surface area contributed by atoms with Crippen molar-refractivity contribution in [3.63, 3.8) is 0 Å². The first-order valence-corrected chi connectivity index (χ1v) is 6.29. The normalized spacial score (nSPS) is 20.9. The molecule has 0 saturated carbocycles. The topological polar surface area (TPSA) is 45.4 Å². The van der Waals surface area contributed by atoms with Crippen LogP contribution in [0.3, 0.4) is 0 Å². The quantitative estimate of drug-likeness (QED) is 0.819. The van der Waals surface area contributed by atoms with Crippen LogP contribution in [0.25, 0.3) is 0 Å². The van der Waals surface area contributed by atoms with Crippen LogP contribution in [-0.4, -0.2) is 43.1 Å². The van der Waals surface area contributed by atoms with Crippen molar-refractivity contribution in [2.75, 3.05) is 37.8 Å². The smallest absolute Gasteiger partial charge is 0.153 e. The SMILES string of the molecule is CN(C)C1CCCN(c2nc(Cl)ccc2N)C1. The van der Waals surface area contributed by atoms with Gasteiger partial charge in [-0.25, -0.2) is 4.98 Å². The zero-order valence-electron chi connectivity index (χ0n) is 10.4. The molecule has 1 aliphatic rings. The highest BCUT2D eigenvalue weighted by molar-refractivity contribution is 6.29. The Labute approximate surface area is 107 Å². The van der Waals surface area contributed by atoms with Crippen molar-refractivity contribution in [2.24, 2.45) is 0 Å². The fourth-order valence-corrected chi connectivity index (χ4v) is 2.40. The Balaban J connectivity index is 2.18. The van der Waals surface area contributed by atoms with Crippen molar-refractivity contribution in [2.45, 2.75) is 18.9 Å². The van der Waals surface area contributed by atoms with Gasteiger partial charge in [-0.05, 0) is 39.1 Å². The number of likely N-dealkylation sites (N-methyl/N-ethyl adjacent to an activating group) is 1. The molecule has 1 fully saturated rings. The summed E-state index contributed by atoms with van der Waals surface area (Å²) >= 11 is 5.93. The fourth-order valence-electron chi connectivity index (χ4n) is 2.26. The van der Waals surface area contributed by atoms with E-state index in [-0.39, 0.29) is 0 Å². The number of hydrogen-bond acceptors (Lipinski definition) is 4. The van der Waals surface area contributed by atoms with Crippen LogP contribution < -0.4 is 10.6 Å². The van der Waals surface area contributed by atoms with E-state index in [9.17, 15) is 0 Å². The van der Waals surface area contributed by atoms with Crippen LogP contribution in [0.5, 0.6) is 0 Å². The molecule has 1 atom stereocenters. The number of nitrogens with two attached hydrogens (primary N) is 1. The molecule has 0 amide bonds. The number of halogens is 1. The van der Waals surface area contributed by atoms with Crippen LogP contribution in [0.2, 0.25) is 5.15 Å². The summed E-state index contributed by atoms with van der Waals surface area (Å²) in [5.41, 5.74) is 6.67. The van der Waals surface area contributed by atoms with Crippen LogP contribution in [0, 0.1) is 0 Å². The Bertz CT molecular complexity index is 394. The monoisotopic (exact) mass is 254 g/mol. The minimum atomic E-state index is 0.501. The third-order valence-corrected chi connectivity index (χ3v) is 3.51. The molecule has 1 unspecified atom stereocenters. The molecule has 0 bridgehead atoms. The Kier molecular flexibility index (Phi) is 3.74. The van der Waals surface area contributed by atoms with Gasteiger partial charge < -0.3 is 15.5 Å². The third kappa shape index (κ3) is 2.82. The molecular weight excluding hydrogens is 236 g/mol. The van der Waals surface area contributed by atoms with Gasteiger partial charge in [0, 0.05) is 19.1 Å². The van der Waals surface area contributed by atoms with E-state index in [2.05, 4.69) is 28.9 Å². The summed E-state index contributed by atoms with van der Waals surface area (Å²) in [6.45, 7) is 1.96. The number of pyridine rings is 1.